The average Bonchev–Trinajstić information content (AvgIpc) is 3.28. The normalized spacial score (nSPS) is 11.9. The number of H-pyrrole nitrogens is 1. The Bertz CT molecular complexity index is 1670. The molecule has 1 N–H and O–H groups in total. The van der Waals surface area contributed by atoms with Gasteiger partial charge in [0.25, 0.3) is 0 Å². The number of aromatic nitrogens is 4. The van der Waals surface area contributed by atoms with E-state index in [-0.39, 0.29) is 0 Å². The summed E-state index contributed by atoms with van der Waals surface area (Å²) >= 11 is 0. The maximum atomic E-state index is 5.14. The molecular weight excluding hydrogens is 380 g/mol. The van der Waals surface area contributed by atoms with E-state index in [1.165, 1.54) is 21.5 Å². The number of nitrogens with one attached hydrogen (secondary N) is 1. The van der Waals surface area contributed by atoms with Crippen LogP contribution in [-0.4, -0.2) is 19.9 Å². The van der Waals surface area contributed by atoms with Crippen molar-refractivity contribution in [2.45, 2.75) is 0 Å². The molecule has 7 rings (SSSR count). The number of nitrogens with zero attached hydrogens (tertiary/aromatic N) is 3. The summed E-state index contributed by atoms with van der Waals surface area (Å²) in [5, 5.41) is 6.82. The topological polar surface area (TPSA) is 54.5 Å². The first kappa shape index (κ1) is 16.5. The van der Waals surface area contributed by atoms with E-state index < -0.39 is 0 Å². The number of hydrogen-bond donors (Lipinski definition) is 1. The van der Waals surface area contributed by atoms with Gasteiger partial charge in [0.1, 0.15) is 5.82 Å². The molecule has 0 fully saturated rings. The monoisotopic (exact) mass is 396 g/mol. The zero-order valence-corrected chi connectivity index (χ0v) is 16.5. The second kappa shape index (κ2) is 6.09. The molecule has 4 aromatic carbocycles. The molecule has 144 valence electrons. The van der Waals surface area contributed by atoms with Crippen LogP contribution < -0.4 is 0 Å². The molecule has 31 heavy (non-hydrogen) atoms. The molecule has 0 atom stereocenters. The van der Waals surface area contributed by atoms with Crippen LogP contribution in [0.25, 0.3) is 65.8 Å². The molecule has 3 aromatic heterocycles. The summed E-state index contributed by atoms with van der Waals surface area (Å²) in [5.74, 6) is 0.865. The molecule has 3 heterocycles. The molecule has 0 aliphatic rings. The Morgan fingerprint density at radius 3 is 1.84 bits per heavy atom. The number of hydrogen-bond acceptors (Lipinski definition) is 3. The third kappa shape index (κ3) is 2.27. The Morgan fingerprint density at radius 1 is 0.548 bits per heavy atom. The van der Waals surface area contributed by atoms with Crippen LogP contribution in [0.1, 0.15) is 0 Å². The highest BCUT2D eigenvalue weighted by Crippen LogP contribution is 2.38. The van der Waals surface area contributed by atoms with Gasteiger partial charge in [-0.1, -0.05) is 48.5 Å². The summed E-state index contributed by atoms with van der Waals surface area (Å²) in [6.07, 6.45) is 3.63. The van der Waals surface area contributed by atoms with Gasteiger partial charge in [0, 0.05) is 28.7 Å². The van der Waals surface area contributed by atoms with E-state index >= 15 is 0 Å². The molecule has 4 heteroatoms. The van der Waals surface area contributed by atoms with Crippen molar-refractivity contribution in [3.8, 4) is 11.4 Å². The van der Waals surface area contributed by atoms with Crippen molar-refractivity contribution >= 4 is 54.4 Å². The minimum absolute atomic E-state index is 0.865. The second-order valence-corrected chi connectivity index (χ2v) is 7.80. The van der Waals surface area contributed by atoms with Gasteiger partial charge in [-0.15, -0.1) is 0 Å². The summed E-state index contributed by atoms with van der Waals surface area (Å²) in [6, 6.07) is 27.3. The minimum Gasteiger partial charge on any atom is -0.337 e. The van der Waals surface area contributed by atoms with E-state index in [1.54, 1.807) is 0 Å². The van der Waals surface area contributed by atoms with E-state index in [0.29, 0.717) is 0 Å². The van der Waals surface area contributed by atoms with Crippen LogP contribution in [-0.2, 0) is 0 Å². The molecule has 0 unspecified atom stereocenters. The molecule has 7 aromatic rings. The number of pyridine rings is 2. The summed E-state index contributed by atoms with van der Waals surface area (Å²) in [7, 11) is 0. The molecule has 0 spiro atoms. The van der Waals surface area contributed by atoms with Crippen molar-refractivity contribution in [3.05, 3.63) is 91.3 Å². The van der Waals surface area contributed by atoms with Gasteiger partial charge in [0.2, 0.25) is 0 Å². The molecule has 0 saturated carbocycles. The van der Waals surface area contributed by atoms with Gasteiger partial charge >= 0.3 is 0 Å². The van der Waals surface area contributed by atoms with E-state index in [9.17, 15) is 0 Å². The van der Waals surface area contributed by atoms with Crippen LogP contribution in [0, 0.1) is 0 Å². The SMILES string of the molecule is c1ccc2c(-c3nc4c5cccnc5c5ncccc5c4[nH]3)c3ccccc3cc2c1. The summed E-state index contributed by atoms with van der Waals surface area (Å²) < 4.78 is 0. The van der Waals surface area contributed by atoms with Crippen molar-refractivity contribution in [1.29, 1.82) is 0 Å². The lowest BCUT2D eigenvalue weighted by Gasteiger charge is -2.09. The third-order valence-electron chi connectivity index (χ3n) is 6.08. The molecule has 4 nitrogen and oxygen atoms in total. The van der Waals surface area contributed by atoms with Gasteiger partial charge in [0.05, 0.1) is 22.1 Å². The van der Waals surface area contributed by atoms with E-state index in [4.69, 9.17) is 4.98 Å². The highest BCUT2D eigenvalue weighted by atomic mass is 14.9. The molecule has 0 radical (unpaired) electrons. The number of rotatable bonds is 1. The molecule has 0 saturated heterocycles. The number of aromatic amines is 1. The van der Waals surface area contributed by atoms with Gasteiger partial charge < -0.3 is 4.98 Å². The number of imidazole rings is 1. The minimum atomic E-state index is 0.865. The van der Waals surface area contributed by atoms with Crippen molar-refractivity contribution in [2.75, 3.05) is 0 Å². The smallest absolute Gasteiger partial charge is 0.139 e. The Kier molecular flexibility index (Phi) is 3.24. The van der Waals surface area contributed by atoms with Crippen molar-refractivity contribution in [3.63, 3.8) is 0 Å². The fourth-order valence-corrected chi connectivity index (χ4v) is 4.73. The van der Waals surface area contributed by atoms with Crippen molar-refractivity contribution in [1.82, 2.24) is 19.9 Å². The highest BCUT2D eigenvalue weighted by Gasteiger charge is 2.17. The standard InChI is InChI=1S/C27H16N4/c1-3-9-18-16(7-1)15-17-8-2-4-10-19(17)22(18)27-30-25-20-11-5-13-28-23(20)24-21(26(25)31-27)12-6-14-29-24/h1-15H,(H,30,31). The van der Waals surface area contributed by atoms with Gasteiger partial charge in [-0.2, -0.15) is 0 Å². The fourth-order valence-electron chi connectivity index (χ4n) is 4.73. The lowest BCUT2D eigenvalue weighted by atomic mass is 9.96. The Hall–Kier alpha value is -4.31. The van der Waals surface area contributed by atoms with Crippen molar-refractivity contribution < 1.29 is 0 Å². The molecular formula is C27H16N4. The fraction of sp³-hybridized carbons (Fsp3) is 0. The van der Waals surface area contributed by atoms with Gasteiger partial charge in [0.15, 0.2) is 0 Å². The van der Waals surface area contributed by atoms with Crippen LogP contribution in [0.5, 0.6) is 0 Å². The summed E-state index contributed by atoms with van der Waals surface area (Å²) in [5.41, 5.74) is 4.82. The largest absolute Gasteiger partial charge is 0.337 e. The zero-order valence-electron chi connectivity index (χ0n) is 16.5. The third-order valence-corrected chi connectivity index (χ3v) is 6.08. The predicted molar refractivity (Wildman–Crippen MR) is 127 cm³/mol. The first-order chi connectivity index (χ1) is 15.4. The molecule has 0 amide bonds. The summed E-state index contributed by atoms with van der Waals surface area (Å²) in [4.78, 5) is 18.0. The van der Waals surface area contributed by atoms with E-state index in [2.05, 4.69) is 81.7 Å². The van der Waals surface area contributed by atoms with Crippen molar-refractivity contribution in [2.24, 2.45) is 0 Å². The second-order valence-electron chi connectivity index (χ2n) is 7.80. The van der Waals surface area contributed by atoms with Crippen LogP contribution in [0.15, 0.2) is 91.3 Å². The lowest BCUT2D eigenvalue weighted by Crippen LogP contribution is -1.87. The maximum absolute atomic E-state index is 5.14. The first-order valence-electron chi connectivity index (χ1n) is 10.3. The van der Waals surface area contributed by atoms with Gasteiger partial charge in [-0.05, 0) is 51.9 Å². The van der Waals surface area contributed by atoms with Gasteiger partial charge in [-0.3, -0.25) is 9.97 Å². The average molecular weight is 396 g/mol. The van der Waals surface area contributed by atoms with Crippen LogP contribution in [0.2, 0.25) is 0 Å². The predicted octanol–water partition coefficient (Wildman–Crippen LogP) is 6.63. The number of fused-ring (bicyclic) bond motifs is 8. The quantitative estimate of drug-likeness (QED) is 0.250. The van der Waals surface area contributed by atoms with Crippen LogP contribution in [0.3, 0.4) is 0 Å². The highest BCUT2D eigenvalue weighted by molar-refractivity contribution is 6.22. The first-order valence-corrected chi connectivity index (χ1v) is 10.3. The molecule has 0 aliphatic heterocycles. The van der Waals surface area contributed by atoms with Gasteiger partial charge in [-0.25, -0.2) is 4.98 Å². The Morgan fingerprint density at radius 2 is 1.13 bits per heavy atom. The Labute approximate surface area is 177 Å². The molecule has 0 aliphatic carbocycles. The zero-order chi connectivity index (χ0) is 20.4. The van der Waals surface area contributed by atoms with Crippen LogP contribution in [0.4, 0.5) is 0 Å². The van der Waals surface area contributed by atoms with Crippen LogP contribution >= 0.6 is 0 Å². The Balaban J connectivity index is 1.70. The van der Waals surface area contributed by atoms with E-state index in [0.717, 1.165) is 44.2 Å². The lowest BCUT2D eigenvalue weighted by molar-refractivity contribution is 1.36. The van der Waals surface area contributed by atoms with E-state index in [1.807, 2.05) is 24.5 Å². The number of benzene rings is 4. The maximum Gasteiger partial charge on any atom is 0.139 e. The molecule has 0 bridgehead atoms. The summed E-state index contributed by atoms with van der Waals surface area (Å²) in [6.45, 7) is 0.